The van der Waals surface area contributed by atoms with E-state index in [9.17, 15) is 4.79 Å². The monoisotopic (exact) mass is 349 g/mol. The normalized spacial score (nSPS) is 12.2. The molecule has 3 aromatic heterocycles. The Kier molecular flexibility index (Phi) is 3.99. The Hall–Kier alpha value is -3.06. The van der Waals surface area contributed by atoms with Crippen molar-refractivity contribution in [1.29, 1.82) is 0 Å². The summed E-state index contributed by atoms with van der Waals surface area (Å²) in [7, 11) is 0. The van der Waals surface area contributed by atoms with Crippen molar-refractivity contribution in [2.24, 2.45) is 0 Å². The van der Waals surface area contributed by atoms with Crippen molar-refractivity contribution in [1.82, 2.24) is 24.7 Å². The lowest BCUT2D eigenvalue weighted by molar-refractivity contribution is 0.0935. The van der Waals surface area contributed by atoms with Gasteiger partial charge in [0.1, 0.15) is 10.7 Å². The van der Waals surface area contributed by atoms with Gasteiger partial charge in [0, 0.05) is 29.5 Å². The number of imidazole rings is 1. The molecule has 0 bridgehead atoms. The fourth-order valence-electron chi connectivity index (χ4n) is 2.50. The number of fused-ring (bicyclic) bond motifs is 1. The van der Waals surface area contributed by atoms with Gasteiger partial charge in [0.2, 0.25) is 5.78 Å². The molecule has 0 aliphatic rings. The van der Waals surface area contributed by atoms with E-state index >= 15 is 0 Å². The summed E-state index contributed by atoms with van der Waals surface area (Å²) in [6, 6.07) is 11.6. The van der Waals surface area contributed by atoms with E-state index in [2.05, 4.69) is 20.3 Å². The summed E-state index contributed by atoms with van der Waals surface area (Å²) in [6.45, 7) is 1.92. The number of carbonyl (C=O) groups excluding carboxylic acids is 1. The van der Waals surface area contributed by atoms with Crippen LogP contribution in [0, 0.1) is 0 Å². The molecule has 0 saturated heterocycles. The lowest BCUT2D eigenvalue weighted by atomic mass is 10.2. The Morgan fingerprint density at radius 3 is 2.84 bits per heavy atom. The molecular weight excluding hydrogens is 334 g/mol. The van der Waals surface area contributed by atoms with Gasteiger partial charge in [0.25, 0.3) is 5.91 Å². The molecule has 3 heterocycles. The maximum atomic E-state index is 12.4. The van der Waals surface area contributed by atoms with Crippen LogP contribution in [0.2, 0.25) is 0 Å². The third-order valence-corrected chi connectivity index (χ3v) is 4.81. The van der Waals surface area contributed by atoms with Crippen molar-refractivity contribution in [2.75, 3.05) is 0 Å². The number of hydrogen-bond acceptors (Lipinski definition) is 5. The molecule has 1 atom stereocenters. The largest absolute Gasteiger partial charge is 0.342 e. The van der Waals surface area contributed by atoms with Gasteiger partial charge >= 0.3 is 0 Å². The minimum absolute atomic E-state index is 0.201. The SMILES string of the molecule is C[C@H](NC(=O)c1cn2cccnc2n1)c1nc(-c2ccccc2)cs1. The summed E-state index contributed by atoms with van der Waals surface area (Å²) in [5.41, 5.74) is 2.32. The van der Waals surface area contributed by atoms with Crippen molar-refractivity contribution in [3.05, 3.63) is 71.1 Å². The van der Waals surface area contributed by atoms with E-state index in [1.54, 1.807) is 22.9 Å². The number of hydrogen-bond donors (Lipinski definition) is 1. The van der Waals surface area contributed by atoms with Crippen LogP contribution in [-0.4, -0.2) is 25.3 Å². The lowest BCUT2D eigenvalue weighted by Gasteiger charge is -2.09. The summed E-state index contributed by atoms with van der Waals surface area (Å²) in [6.07, 6.45) is 5.12. The van der Waals surface area contributed by atoms with Gasteiger partial charge < -0.3 is 5.32 Å². The number of benzene rings is 1. The molecule has 7 heteroatoms. The zero-order chi connectivity index (χ0) is 17.2. The van der Waals surface area contributed by atoms with E-state index < -0.39 is 0 Å². The molecule has 0 unspecified atom stereocenters. The summed E-state index contributed by atoms with van der Waals surface area (Å²) < 4.78 is 1.72. The first-order chi connectivity index (χ1) is 12.2. The van der Waals surface area contributed by atoms with Crippen LogP contribution in [0.3, 0.4) is 0 Å². The minimum atomic E-state index is -0.241. The summed E-state index contributed by atoms with van der Waals surface area (Å²) in [4.78, 5) is 25.4. The standard InChI is InChI=1S/C18H15N5OS/c1-12(17-21-15(11-25-17)13-6-3-2-4-7-13)20-16(24)14-10-23-9-5-8-19-18(23)22-14/h2-12H,1H3,(H,20,24)/t12-/m0/s1. The predicted molar refractivity (Wildman–Crippen MR) is 96.4 cm³/mol. The minimum Gasteiger partial charge on any atom is -0.342 e. The molecule has 0 aliphatic carbocycles. The molecule has 6 nitrogen and oxygen atoms in total. The highest BCUT2D eigenvalue weighted by Crippen LogP contribution is 2.25. The van der Waals surface area contributed by atoms with Gasteiger partial charge in [0.05, 0.1) is 11.7 Å². The van der Waals surface area contributed by atoms with Gasteiger partial charge in [0.15, 0.2) is 0 Å². The summed E-state index contributed by atoms with van der Waals surface area (Å²) in [5, 5.41) is 5.80. The molecule has 0 radical (unpaired) electrons. The van der Waals surface area contributed by atoms with Crippen LogP contribution in [0.1, 0.15) is 28.5 Å². The maximum absolute atomic E-state index is 12.4. The van der Waals surface area contributed by atoms with Gasteiger partial charge in [-0.15, -0.1) is 11.3 Å². The first-order valence-electron chi connectivity index (χ1n) is 7.82. The summed E-state index contributed by atoms with van der Waals surface area (Å²) in [5.74, 6) is 0.260. The van der Waals surface area contributed by atoms with E-state index in [0.717, 1.165) is 16.3 Å². The third kappa shape index (κ3) is 3.14. The highest BCUT2D eigenvalue weighted by atomic mass is 32.1. The van der Waals surface area contributed by atoms with Crippen LogP contribution in [0.25, 0.3) is 17.0 Å². The van der Waals surface area contributed by atoms with Crippen LogP contribution < -0.4 is 5.32 Å². The van der Waals surface area contributed by atoms with E-state index in [1.165, 1.54) is 11.3 Å². The van der Waals surface area contributed by atoms with E-state index in [4.69, 9.17) is 0 Å². The average molecular weight is 349 g/mol. The molecule has 25 heavy (non-hydrogen) atoms. The van der Waals surface area contributed by atoms with Crippen LogP contribution >= 0.6 is 11.3 Å². The van der Waals surface area contributed by atoms with Crippen LogP contribution in [0.4, 0.5) is 0 Å². The predicted octanol–water partition coefficient (Wildman–Crippen LogP) is 3.34. The Morgan fingerprint density at radius 1 is 1.20 bits per heavy atom. The van der Waals surface area contributed by atoms with Crippen LogP contribution in [-0.2, 0) is 0 Å². The van der Waals surface area contributed by atoms with Gasteiger partial charge in [-0.1, -0.05) is 30.3 Å². The van der Waals surface area contributed by atoms with E-state index in [-0.39, 0.29) is 11.9 Å². The molecule has 0 aliphatic heterocycles. The smallest absolute Gasteiger partial charge is 0.272 e. The van der Waals surface area contributed by atoms with E-state index in [1.807, 2.05) is 48.8 Å². The quantitative estimate of drug-likeness (QED) is 0.613. The molecule has 1 amide bonds. The second-order valence-electron chi connectivity index (χ2n) is 5.59. The number of nitrogens with zero attached hydrogens (tertiary/aromatic N) is 4. The zero-order valence-corrected chi connectivity index (χ0v) is 14.3. The molecule has 1 aromatic carbocycles. The first-order valence-corrected chi connectivity index (χ1v) is 8.70. The molecule has 4 aromatic rings. The Morgan fingerprint density at radius 2 is 2.04 bits per heavy atom. The van der Waals surface area contributed by atoms with Crippen molar-refractivity contribution >= 4 is 23.0 Å². The number of carbonyl (C=O) groups is 1. The van der Waals surface area contributed by atoms with Crippen molar-refractivity contribution in [3.8, 4) is 11.3 Å². The molecule has 1 N–H and O–H groups in total. The number of thiazole rings is 1. The van der Waals surface area contributed by atoms with Crippen molar-refractivity contribution in [2.45, 2.75) is 13.0 Å². The Balaban J connectivity index is 1.50. The molecule has 0 fully saturated rings. The number of rotatable bonds is 4. The fraction of sp³-hybridized carbons (Fsp3) is 0.111. The first kappa shape index (κ1) is 15.5. The van der Waals surface area contributed by atoms with Gasteiger partial charge in [-0.05, 0) is 13.0 Å². The Bertz CT molecular complexity index is 991. The number of nitrogens with one attached hydrogen (secondary N) is 1. The van der Waals surface area contributed by atoms with Gasteiger partial charge in [-0.2, -0.15) is 0 Å². The van der Waals surface area contributed by atoms with Crippen LogP contribution in [0.5, 0.6) is 0 Å². The van der Waals surface area contributed by atoms with Crippen molar-refractivity contribution < 1.29 is 4.79 Å². The summed E-state index contributed by atoms with van der Waals surface area (Å²) >= 11 is 1.53. The van der Waals surface area contributed by atoms with Gasteiger partial charge in [-0.25, -0.2) is 15.0 Å². The average Bonchev–Trinajstić information content (AvgIpc) is 3.29. The highest BCUT2D eigenvalue weighted by Gasteiger charge is 2.17. The lowest BCUT2D eigenvalue weighted by Crippen LogP contribution is -2.26. The second-order valence-corrected chi connectivity index (χ2v) is 6.47. The number of amides is 1. The molecule has 4 rings (SSSR count). The third-order valence-electron chi connectivity index (χ3n) is 3.78. The topological polar surface area (TPSA) is 72.2 Å². The Labute approximate surface area is 148 Å². The van der Waals surface area contributed by atoms with Crippen LogP contribution in [0.15, 0.2) is 60.4 Å². The number of aromatic nitrogens is 4. The maximum Gasteiger partial charge on any atom is 0.272 e. The molecular formula is C18H15N5OS. The molecule has 0 spiro atoms. The molecule has 0 saturated carbocycles. The van der Waals surface area contributed by atoms with Crippen molar-refractivity contribution in [3.63, 3.8) is 0 Å². The van der Waals surface area contributed by atoms with Gasteiger partial charge in [-0.3, -0.25) is 9.20 Å². The zero-order valence-electron chi connectivity index (χ0n) is 13.5. The van der Waals surface area contributed by atoms with E-state index in [0.29, 0.717) is 11.5 Å². The fourth-order valence-corrected chi connectivity index (χ4v) is 3.33. The second kappa shape index (κ2) is 6.45. The molecule has 124 valence electrons. The highest BCUT2D eigenvalue weighted by molar-refractivity contribution is 7.10.